The van der Waals surface area contributed by atoms with Gasteiger partial charge >= 0.3 is 0 Å². The SMILES string of the molecule is CCC(CC)C(O)CNC(=O)c1cc2cnn(C(C)C)c2nc1C. The number of aliphatic hydroxyl groups excluding tert-OH is 1. The van der Waals surface area contributed by atoms with Crippen LogP contribution in [0.15, 0.2) is 12.3 Å². The van der Waals surface area contributed by atoms with E-state index in [1.54, 1.807) is 6.20 Å². The summed E-state index contributed by atoms with van der Waals surface area (Å²) in [7, 11) is 0. The third-order valence-electron chi connectivity index (χ3n) is 4.56. The van der Waals surface area contributed by atoms with Crippen molar-refractivity contribution < 1.29 is 9.90 Å². The van der Waals surface area contributed by atoms with E-state index in [0.717, 1.165) is 23.9 Å². The highest BCUT2D eigenvalue weighted by atomic mass is 16.3. The van der Waals surface area contributed by atoms with Crippen LogP contribution in [0, 0.1) is 12.8 Å². The number of aliphatic hydroxyl groups is 1. The van der Waals surface area contributed by atoms with Crippen LogP contribution in [0.3, 0.4) is 0 Å². The topological polar surface area (TPSA) is 80.0 Å². The maximum absolute atomic E-state index is 12.5. The number of hydrogen-bond donors (Lipinski definition) is 2. The Hall–Kier alpha value is -1.95. The first-order chi connectivity index (χ1) is 11.4. The number of pyridine rings is 1. The smallest absolute Gasteiger partial charge is 0.253 e. The number of nitrogens with one attached hydrogen (secondary N) is 1. The van der Waals surface area contributed by atoms with Crippen molar-refractivity contribution in [2.24, 2.45) is 5.92 Å². The Balaban J connectivity index is 2.16. The van der Waals surface area contributed by atoms with Crippen molar-refractivity contribution in [3.63, 3.8) is 0 Å². The molecule has 0 fully saturated rings. The Morgan fingerprint density at radius 3 is 2.58 bits per heavy atom. The zero-order valence-electron chi connectivity index (χ0n) is 15.2. The van der Waals surface area contributed by atoms with Gasteiger partial charge in [-0.1, -0.05) is 26.7 Å². The van der Waals surface area contributed by atoms with Crippen LogP contribution in [0.4, 0.5) is 0 Å². The number of carbonyl (C=O) groups excluding carboxylic acids is 1. The molecule has 2 N–H and O–H groups in total. The van der Waals surface area contributed by atoms with Crippen LogP contribution in [-0.4, -0.2) is 38.4 Å². The average molecular weight is 332 g/mol. The lowest BCUT2D eigenvalue weighted by atomic mass is 9.96. The second kappa shape index (κ2) is 7.75. The van der Waals surface area contributed by atoms with Crippen LogP contribution < -0.4 is 5.32 Å². The van der Waals surface area contributed by atoms with Gasteiger partial charge in [-0.05, 0) is 32.8 Å². The fourth-order valence-electron chi connectivity index (χ4n) is 2.97. The highest BCUT2D eigenvalue weighted by Gasteiger charge is 2.19. The number of amides is 1. The summed E-state index contributed by atoms with van der Waals surface area (Å²) in [5.74, 6) is 0.000443. The van der Waals surface area contributed by atoms with Crippen LogP contribution in [0.25, 0.3) is 11.0 Å². The lowest BCUT2D eigenvalue weighted by Crippen LogP contribution is -2.36. The number of aromatic nitrogens is 3. The Morgan fingerprint density at radius 2 is 2.00 bits per heavy atom. The summed E-state index contributed by atoms with van der Waals surface area (Å²) in [6, 6.07) is 2.03. The molecule has 2 heterocycles. The second-order valence-corrected chi connectivity index (χ2v) is 6.57. The third kappa shape index (κ3) is 3.75. The molecule has 2 aromatic rings. The molecule has 0 spiro atoms. The molecule has 1 amide bonds. The van der Waals surface area contributed by atoms with Gasteiger partial charge in [0.05, 0.1) is 23.6 Å². The van der Waals surface area contributed by atoms with Gasteiger partial charge in [0.1, 0.15) is 0 Å². The lowest BCUT2D eigenvalue weighted by molar-refractivity contribution is 0.0816. The molecule has 0 saturated heterocycles. The van der Waals surface area contributed by atoms with Gasteiger partial charge in [0.2, 0.25) is 0 Å². The van der Waals surface area contributed by atoms with E-state index in [1.165, 1.54) is 0 Å². The summed E-state index contributed by atoms with van der Waals surface area (Å²) >= 11 is 0. The maximum atomic E-state index is 12.5. The summed E-state index contributed by atoms with van der Waals surface area (Å²) in [6.07, 6.45) is 3.00. The van der Waals surface area contributed by atoms with Crippen LogP contribution in [0.2, 0.25) is 0 Å². The lowest BCUT2D eigenvalue weighted by Gasteiger charge is -2.20. The minimum absolute atomic E-state index is 0.204. The number of aryl methyl sites for hydroxylation is 1. The first-order valence-electron chi connectivity index (χ1n) is 8.70. The maximum Gasteiger partial charge on any atom is 0.253 e. The Labute approximate surface area is 143 Å². The first-order valence-corrected chi connectivity index (χ1v) is 8.70. The molecule has 0 aliphatic heterocycles. The van der Waals surface area contributed by atoms with Crippen molar-refractivity contribution in [2.75, 3.05) is 6.54 Å². The molecule has 6 heteroatoms. The van der Waals surface area contributed by atoms with E-state index < -0.39 is 6.10 Å². The Kier molecular flexibility index (Phi) is 5.94. The molecular formula is C18H28N4O2. The quantitative estimate of drug-likeness (QED) is 0.817. The normalized spacial score (nSPS) is 13.0. The zero-order valence-corrected chi connectivity index (χ0v) is 15.2. The molecule has 0 radical (unpaired) electrons. The molecule has 0 aliphatic carbocycles. The molecule has 0 aliphatic rings. The summed E-state index contributed by atoms with van der Waals surface area (Å²) in [4.78, 5) is 17.0. The summed E-state index contributed by atoms with van der Waals surface area (Å²) in [6.45, 7) is 10.3. The molecule has 0 aromatic carbocycles. The van der Waals surface area contributed by atoms with Crippen molar-refractivity contribution in [3.05, 3.63) is 23.5 Å². The summed E-state index contributed by atoms with van der Waals surface area (Å²) in [5.41, 5.74) is 1.98. The first kappa shape index (κ1) is 18.4. The van der Waals surface area contributed by atoms with E-state index in [9.17, 15) is 9.90 Å². The predicted octanol–water partition coefficient (Wildman–Crippen LogP) is 2.85. The molecule has 1 unspecified atom stereocenters. The molecule has 1 atom stereocenters. The Bertz CT molecular complexity index is 704. The van der Waals surface area contributed by atoms with Crippen molar-refractivity contribution in [1.82, 2.24) is 20.1 Å². The molecule has 132 valence electrons. The number of fused-ring (bicyclic) bond motifs is 1. The average Bonchev–Trinajstić information content (AvgIpc) is 2.95. The molecular weight excluding hydrogens is 304 g/mol. The van der Waals surface area contributed by atoms with E-state index in [-0.39, 0.29) is 24.4 Å². The fraction of sp³-hybridized carbons (Fsp3) is 0.611. The molecule has 6 nitrogen and oxygen atoms in total. The minimum Gasteiger partial charge on any atom is -0.391 e. The van der Waals surface area contributed by atoms with Crippen LogP contribution in [0.5, 0.6) is 0 Å². The highest BCUT2D eigenvalue weighted by Crippen LogP contribution is 2.19. The van der Waals surface area contributed by atoms with Gasteiger partial charge in [0, 0.05) is 18.0 Å². The van der Waals surface area contributed by atoms with Gasteiger partial charge in [-0.2, -0.15) is 5.10 Å². The molecule has 0 saturated carbocycles. The van der Waals surface area contributed by atoms with Gasteiger partial charge in [-0.25, -0.2) is 9.67 Å². The van der Waals surface area contributed by atoms with Gasteiger partial charge in [0.15, 0.2) is 5.65 Å². The van der Waals surface area contributed by atoms with Crippen molar-refractivity contribution in [2.45, 2.75) is 59.6 Å². The molecule has 2 aromatic heterocycles. The van der Waals surface area contributed by atoms with Crippen molar-refractivity contribution in [1.29, 1.82) is 0 Å². The van der Waals surface area contributed by atoms with Crippen LogP contribution in [0.1, 0.15) is 62.6 Å². The van der Waals surface area contributed by atoms with Gasteiger partial charge < -0.3 is 10.4 Å². The standard InChI is InChI=1S/C18H28N4O2/c1-6-13(7-2)16(23)10-19-18(24)15-8-14-9-20-22(11(3)4)17(14)21-12(15)5/h8-9,11,13,16,23H,6-7,10H2,1-5H3,(H,19,24). The van der Waals surface area contributed by atoms with E-state index >= 15 is 0 Å². The Morgan fingerprint density at radius 1 is 1.33 bits per heavy atom. The minimum atomic E-state index is -0.523. The largest absolute Gasteiger partial charge is 0.391 e. The number of rotatable bonds is 7. The van der Waals surface area contributed by atoms with E-state index in [1.807, 2.05) is 45.4 Å². The number of nitrogens with zero attached hydrogens (tertiary/aromatic N) is 3. The van der Waals surface area contributed by atoms with E-state index in [4.69, 9.17) is 0 Å². The number of hydrogen-bond acceptors (Lipinski definition) is 4. The second-order valence-electron chi connectivity index (χ2n) is 6.57. The fourth-order valence-corrected chi connectivity index (χ4v) is 2.97. The van der Waals surface area contributed by atoms with Crippen LogP contribution >= 0.6 is 0 Å². The van der Waals surface area contributed by atoms with Crippen molar-refractivity contribution >= 4 is 16.9 Å². The van der Waals surface area contributed by atoms with E-state index in [2.05, 4.69) is 15.4 Å². The highest BCUT2D eigenvalue weighted by molar-refractivity contribution is 5.98. The van der Waals surface area contributed by atoms with Crippen molar-refractivity contribution in [3.8, 4) is 0 Å². The zero-order chi connectivity index (χ0) is 17.9. The van der Waals surface area contributed by atoms with E-state index in [0.29, 0.717) is 11.3 Å². The summed E-state index contributed by atoms with van der Waals surface area (Å²) in [5, 5.41) is 18.2. The molecule has 2 rings (SSSR count). The van der Waals surface area contributed by atoms with Crippen LogP contribution in [-0.2, 0) is 0 Å². The van der Waals surface area contributed by atoms with Gasteiger partial charge in [-0.3, -0.25) is 4.79 Å². The molecule has 0 bridgehead atoms. The van der Waals surface area contributed by atoms with Gasteiger partial charge in [-0.15, -0.1) is 0 Å². The monoisotopic (exact) mass is 332 g/mol. The third-order valence-corrected chi connectivity index (χ3v) is 4.56. The van der Waals surface area contributed by atoms with Gasteiger partial charge in [0.25, 0.3) is 5.91 Å². The molecule has 24 heavy (non-hydrogen) atoms. The number of carbonyl (C=O) groups is 1. The predicted molar refractivity (Wildman–Crippen MR) is 95.1 cm³/mol. The summed E-state index contributed by atoms with van der Waals surface area (Å²) < 4.78 is 1.85.